The first kappa shape index (κ1) is 22.6. The number of hydrogen-bond donors (Lipinski definition) is 1. The van der Waals surface area contributed by atoms with Crippen LogP contribution in [0.4, 0.5) is 5.82 Å². The van der Waals surface area contributed by atoms with Gasteiger partial charge in [-0.25, -0.2) is 8.42 Å². The smallest absolute Gasteiger partial charge is 0.263 e. The van der Waals surface area contributed by atoms with E-state index in [0.717, 1.165) is 38.0 Å². The van der Waals surface area contributed by atoms with E-state index in [1.807, 2.05) is 6.07 Å². The fourth-order valence-corrected chi connectivity index (χ4v) is 5.05. The molecule has 1 aromatic heterocycles. The Morgan fingerprint density at radius 2 is 1.81 bits per heavy atom. The van der Waals surface area contributed by atoms with E-state index in [0.29, 0.717) is 5.76 Å². The molecule has 7 heteroatoms. The zero-order valence-corrected chi connectivity index (χ0v) is 20.0. The number of rotatable bonds is 6. The standard InChI is InChI=1S/C25H31N3O3S/c1-18-15-24(26-31-18)27-32(29,30)23-10-7-21-17-28(14-12-20(21)16-23)13-11-19-5-8-22(9-6-19)25(2,3)4/h5-10,15-16H,11-14,17H2,1-4H3,(H,26,27). The number of benzene rings is 2. The van der Waals surface area contributed by atoms with Crippen molar-refractivity contribution in [1.29, 1.82) is 0 Å². The Labute approximate surface area is 190 Å². The second-order valence-corrected chi connectivity index (χ2v) is 11.3. The lowest BCUT2D eigenvalue weighted by Gasteiger charge is -2.29. The van der Waals surface area contributed by atoms with E-state index in [-0.39, 0.29) is 16.1 Å². The maximum atomic E-state index is 12.7. The minimum atomic E-state index is -3.69. The van der Waals surface area contributed by atoms with Crippen LogP contribution in [0, 0.1) is 6.92 Å². The van der Waals surface area contributed by atoms with Gasteiger partial charge in [-0.05, 0) is 59.6 Å². The fourth-order valence-electron chi connectivity index (χ4n) is 4.02. The highest BCUT2D eigenvalue weighted by molar-refractivity contribution is 7.92. The number of fused-ring (bicyclic) bond motifs is 1. The van der Waals surface area contributed by atoms with Crippen molar-refractivity contribution in [3.63, 3.8) is 0 Å². The van der Waals surface area contributed by atoms with Gasteiger partial charge in [-0.1, -0.05) is 56.3 Å². The number of sulfonamides is 1. The van der Waals surface area contributed by atoms with E-state index in [4.69, 9.17) is 4.52 Å². The van der Waals surface area contributed by atoms with Crippen LogP contribution >= 0.6 is 0 Å². The first-order valence-corrected chi connectivity index (χ1v) is 12.5. The maximum Gasteiger partial charge on any atom is 0.263 e. The third-order valence-electron chi connectivity index (χ3n) is 5.98. The largest absolute Gasteiger partial charge is 0.360 e. The highest BCUT2D eigenvalue weighted by atomic mass is 32.2. The molecule has 3 aromatic rings. The highest BCUT2D eigenvalue weighted by Gasteiger charge is 2.21. The molecule has 2 heterocycles. The number of hydrogen-bond acceptors (Lipinski definition) is 5. The molecule has 2 aromatic carbocycles. The molecule has 1 N–H and O–H groups in total. The van der Waals surface area contributed by atoms with Crippen LogP contribution in [0.2, 0.25) is 0 Å². The average molecular weight is 454 g/mol. The number of aryl methyl sites for hydroxylation is 1. The second-order valence-electron chi connectivity index (χ2n) is 9.58. The summed E-state index contributed by atoms with van der Waals surface area (Å²) in [7, 11) is -3.69. The average Bonchev–Trinajstić information content (AvgIpc) is 3.15. The fraction of sp³-hybridized carbons (Fsp3) is 0.400. The predicted octanol–water partition coefficient (Wildman–Crippen LogP) is 4.68. The molecule has 0 radical (unpaired) electrons. The predicted molar refractivity (Wildman–Crippen MR) is 126 cm³/mol. The molecule has 0 saturated carbocycles. The van der Waals surface area contributed by atoms with Crippen molar-refractivity contribution in [1.82, 2.24) is 10.1 Å². The summed E-state index contributed by atoms with van der Waals surface area (Å²) < 4.78 is 32.8. The molecule has 0 spiro atoms. The van der Waals surface area contributed by atoms with Crippen molar-refractivity contribution >= 4 is 15.8 Å². The van der Waals surface area contributed by atoms with Gasteiger partial charge in [0.1, 0.15) is 5.76 Å². The minimum absolute atomic E-state index is 0.172. The van der Waals surface area contributed by atoms with Crippen molar-refractivity contribution in [2.45, 2.75) is 57.4 Å². The van der Waals surface area contributed by atoms with Gasteiger partial charge in [0.2, 0.25) is 0 Å². The van der Waals surface area contributed by atoms with Crippen LogP contribution in [0.15, 0.2) is 57.9 Å². The quantitative estimate of drug-likeness (QED) is 0.586. The van der Waals surface area contributed by atoms with Crippen LogP contribution in [0.3, 0.4) is 0 Å². The lowest BCUT2D eigenvalue weighted by Crippen LogP contribution is -2.32. The molecule has 0 bridgehead atoms. The summed E-state index contributed by atoms with van der Waals surface area (Å²) in [6.07, 6.45) is 1.85. The molecule has 1 aliphatic heterocycles. The van der Waals surface area contributed by atoms with Crippen molar-refractivity contribution in [3.8, 4) is 0 Å². The van der Waals surface area contributed by atoms with Crippen molar-refractivity contribution in [2.75, 3.05) is 17.8 Å². The number of nitrogens with one attached hydrogen (secondary N) is 1. The zero-order chi connectivity index (χ0) is 22.9. The van der Waals surface area contributed by atoms with Gasteiger partial charge in [0.05, 0.1) is 4.90 Å². The molecule has 6 nitrogen and oxygen atoms in total. The monoisotopic (exact) mass is 453 g/mol. The Balaban J connectivity index is 1.38. The summed E-state index contributed by atoms with van der Waals surface area (Å²) in [4.78, 5) is 2.69. The summed E-state index contributed by atoms with van der Waals surface area (Å²) in [5.41, 5.74) is 5.15. The lowest BCUT2D eigenvalue weighted by molar-refractivity contribution is 0.257. The molecule has 170 valence electrons. The van der Waals surface area contributed by atoms with Crippen LogP contribution in [-0.2, 0) is 34.8 Å². The van der Waals surface area contributed by atoms with Crippen molar-refractivity contribution < 1.29 is 12.9 Å². The van der Waals surface area contributed by atoms with E-state index >= 15 is 0 Å². The first-order chi connectivity index (χ1) is 15.1. The first-order valence-electron chi connectivity index (χ1n) is 11.0. The van der Waals surface area contributed by atoms with Gasteiger partial charge in [0.25, 0.3) is 10.0 Å². The second kappa shape index (κ2) is 8.71. The van der Waals surface area contributed by atoms with Crippen LogP contribution in [0.1, 0.15) is 48.8 Å². The molecule has 32 heavy (non-hydrogen) atoms. The summed E-state index contributed by atoms with van der Waals surface area (Å²) in [5.74, 6) is 0.750. The van der Waals surface area contributed by atoms with Gasteiger partial charge in [-0.3, -0.25) is 9.62 Å². The molecule has 0 amide bonds. The molecule has 0 fully saturated rings. The Bertz CT molecular complexity index is 1190. The Hall–Kier alpha value is -2.64. The van der Waals surface area contributed by atoms with E-state index in [9.17, 15) is 8.42 Å². The normalized spacial score (nSPS) is 14.9. The third kappa shape index (κ3) is 5.22. The number of nitrogens with zero attached hydrogens (tertiary/aromatic N) is 2. The van der Waals surface area contributed by atoms with E-state index in [1.54, 1.807) is 25.1 Å². The summed E-state index contributed by atoms with van der Waals surface area (Å²) in [5, 5.41) is 3.71. The van der Waals surface area contributed by atoms with Gasteiger partial charge >= 0.3 is 0 Å². The maximum absolute atomic E-state index is 12.7. The van der Waals surface area contributed by atoms with Crippen LogP contribution in [0.5, 0.6) is 0 Å². The van der Waals surface area contributed by atoms with Crippen molar-refractivity contribution in [2.24, 2.45) is 0 Å². The van der Waals surface area contributed by atoms with E-state index in [1.165, 1.54) is 16.7 Å². The molecule has 4 rings (SSSR count). The van der Waals surface area contributed by atoms with Gasteiger partial charge in [0, 0.05) is 25.7 Å². The SMILES string of the molecule is Cc1cc(NS(=O)(=O)c2ccc3c(c2)CCN(CCc2ccc(C(C)(C)C)cc2)C3)no1. The Morgan fingerprint density at radius 1 is 1.06 bits per heavy atom. The third-order valence-corrected chi connectivity index (χ3v) is 7.34. The van der Waals surface area contributed by atoms with Gasteiger partial charge in [0.15, 0.2) is 5.82 Å². The van der Waals surface area contributed by atoms with Crippen LogP contribution in [0.25, 0.3) is 0 Å². The van der Waals surface area contributed by atoms with Crippen molar-refractivity contribution in [3.05, 3.63) is 76.5 Å². The van der Waals surface area contributed by atoms with Gasteiger partial charge in [-0.15, -0.1) is 0 Å². The molecule has 1 aliphatic rings. The summed E-state index contributed by atoms with van der Waals surface area (Å²) in [6, 6.07) is 15.9. The zero-order valence-electron chi connectivity index (χ0n) is 19.2. The van der Waals surface area contributed by atoms with Gasteiger partial charge in [-0.2, -0.15) is 0 Å². The molecule has 0 unspecified atom stereocenters. The molecule has 0 atom stereocenters. The van der Waals surface area contributed by atoms with Gasteiger partial charge < -0.3 is 4.52 Å². The number of aromatic nitrogens is 1. The topological polar surface area (TPSA) is 75.4 Å². The van der Waals surface area contributed by atoms with Crippen LogP contribution in [-0.4, -0.2) is 31.6 Å². The summed E-state index contributed by atoms with van der Waals surface area (Å²) >= 11 is 0. The van der Waals surface area contributed by atoms with E-state index < -0.39 is 10.0 Å². The highest BCUT2D eigenvalue weighted by Crippen LogP contribution is 2.25. The summed E-state index contributed by atoms with van der Waals surface area (Å²) in [6.45, 7) is 11.2. The number of anilines is 1. The molecule has 0 aliphatic carbocycles. The molecule has 0 saturated heterocycles. The molecular weight excluding hydrogens is 422 g/mol. The lowest BCUT2D eigenvalue weighted by atomic mass is 9.86. The van der Waals surface area contributed by atoms with Crippen LogP contribution < -0.4 is 4.72 Å². The van der Waals surface area contributed by atoms with E-state index in [2.05, 4.69) is 59.8 Å². The minimum Gasteiger partial charge on any atom is -0.360 e. The molecular formula is C25H31N3O3S. The Morgan fingerprint density at radius 3 is 2.47 bits per heavy atom. The Kier molecular flexibility index (Phi) is 6.14.